The second-order valence-electron chi connectivity index (χ2n) is 4.79. The molecular weight excluding hydrogens is 308 g/mol. The third-order valence-corrected chi connectivity index (χ3v) is 3.52. The van der Waals surface area contributed by atoms with Crippen molar-refractivity contribution in [2.24, 2.45) is 0 Å². The monoisotopic (exact) mass is 324 g/mol. The van der Waals surface area contributed by atoms with E-state index in [1.54, 1.807) is 32.0 Å². The molecule has 22 heavy (non-hydrogen) atoms. The van der Waals surface area contributed by atoms with Crippen molar-refractivity contribution in [2.45, 2.75) is 20.5 Å². The van der Waals surface area contributed by atoms with E-state index in [1.165, 1.54) is 6.07 Å². The minimum atomic E-state index is -3.64. The molecule has 0 aliphatic rings. The van der Waals surface area contributed by atoms with Gasteiger partial charge in [-0.3, -0.25) is 4.79 Å². The zero-order valence-corrected chi connectivity index (χ0v) is 13.2. The molecule has 0 saturated carbocycles. The van der Waals surface area contributed by atoms with Crippen molar-refractivity contribution >= 4 is 15.9 Å². The lowest BCUT2D eigenvalue weighted by Crippen LogP contribution is -2.29. The summed E-state index contributed by atoms with van der Waals surface area (Å²) in [6.07, 6.45) is 0.915. The van der Waals surface area contributed by atoms with Crippen LogP contribution >= 0.6 is 0 Å². The predicted octanol–water partition coefficient (Wildman–Crippen LogP) is 1.56. The molecule has 0 unspecified atom stereocenters. The number of nitrogens with zero attached hydrogens (tertiary/aromatic N) is 1. The molecule has 0 radical (unpaired) electrons. The molecule has 0 aliphatic carbocycles. The molecule has 1 N–H and O–H groups in total. The van der Waals surface area contributed by atoms with Crippen molar-refractivity contribution in [3.8, 4) is 5.75 Å². The smallest absolute Gasteiger partial charge is 0.268 e. The van der Waals surface area contributed by atoms with Crippen LogP contribution in [0.25, 0.3) is 0 Å². The number of benzene rings is 1. The van der Waals surface area contributed by atoms with Crippen molar-refractivity contribution in [3.05, 3.63) is 46.8 Å². The second-order valence-corrected chi connectivity index (χ2v) is 6.54. The number of nitrogens with one attached hydrogen (secondary N) is 1. The van der Waals surface area contributed by atoms with Gasteiger partial charge in [-0.1, -0.05) is 17.3 Å². The molecule has 8 heteroatoms. The molecule has 7 nitrogen and oxygen atoms in total. The van der Waals surface area contributed by atoms with E-state index in [1.807, 2.05) is 4.72 Å². The second kappa shape index (κ2) is 6.18. The number of amides is 1. The highest BCUT2D eigenvalue weighted by Crippen LogP contribution is 2.21. The average Bonchev–Trinajstić information content (AvgIpc) is 2.74. The molecule has 0 atom stereocenters. The topological polar surface area (TPSA) is 98.5 Å². The lowest BCUT2D eigenvalue weighted by atomic mass is 10.2. The van der Waals surface area contributed by atoms with Gasteiger partial charge in [0.25, 0.3) is 5.91 Å². The first-order valence-corrected chi connectivity index (χ1v) is 8.33. The van der Waals surface area contributed by atoms with Crippen LogP contribution in [0.15, 0.2) is 28.8 Å². The summed E-state index contributed by atoms with van der Waals surface area (Å²) in [6.45, 7) is 3.72. The summed E-state index contributed by atoms with van der Waals surface area (Å²) in [4.78, 5) is 12.0. The highest BCUT2D eigenvalue weighted by Gasteiger charge is 2.17. The number of rotatable bonds is 5. The average molecular weight is 324 g/mol. The minimum Gasteiger partial charge on any atom is -0.488 e. The fraction of sp³-hybridized carbons (Fsp3) is 0.286. The molecular formula is C14H16N2O5S. The van der Waals surface area contributed by atoms with Gasteiger partial charge in [0.15, 0.2) is 0 Å². The van der Waals surface area contributed by atoms with E-state index in [9.17, 15) is 13.2 Å². The Balaban J connectivity index is 2.20. The van der Waals surface area contributed by atoms with Crippen LogP contribution in [0.5, 0.6) is 5.75 Å². The van der Waals surface area contributed by atoms with Crippen LogP contribution in [-0.2, 0) is 16.6 Å². The molecule has 118 valence electrons. The Bertz CT molecular complexity index is 776. The molecule has 1 amide bonds. The van der Waals surface area contributed by atoms with Gasteiger partial charge >= 0.3 is 0 Å². The number of para-hydroxylation sites is 1. The number of ether oxygens (including phenoxy) is 1. The standard InChI is InChI=1S/C14H16N2O5S/c1-9-12(10(2)21-15-9)8-20-13-7-5-4-6-11(13)14(17)16-22(3,18)19/h4-7H,8H2,1-3H3,(H,16,17). The Morgan fingerprint density at radius 1 is 1.32 bits per heavy atom. The van der Waals surface area contributed by atoms with E-state index in [0.717, 1.165) is 11.8 Å². The molecule has 0 fully saturated rings. The SMILES string of the molecule is Cc1noc(C)c1COc1ccccc1C(=O)NS(C)(=O)=O. The molecule has 1 heterocycles. The predicted molar refractivity (Wildman–Crippen MR) is 79.1 cm³/mol. The summed E-state index contributed by atoms with van der Waals surface area (Å²) >= 11 is 0. The molecule has 0 saturated heterocycles. The number of sulfonamides is 1. The summed E-state index contributed by atoms with van der Waals surface area (Å²) in [5.41, 5.74) is 1.63. The lowest BCUT2D eigenvalue weighted by molar-refractivity contribution is 0.0977. The van der Waals surface area contributed by atoms with E-state index in [-0.39, 0.29) is 17.9 Å². The molecule has 0 bridgehead atoms. The summed E-state index contributed by atoms with van der Waals surface area (Å²) in [6, 6.07) is 6.40. The lowest BCUT2D eigenvalue weighted by Gasteiger charge is -2.11. The van der Waals surface area contributed by atoms with Crippen LogP contribution in [0.2, 0.25) is 0 Å². The van der Waals surface area contributed by atoms with Crippen molar-refractivity contribution in [1.82, 2.24) is 9.88 Å². The van der Waals surface area contributed by atoms with Crippen molar-refractivity contribution in [1.29, 1.82) is 0 Å². The van der Waals surface area contributed by atoms with E-state index >= 15 is 0 Å². The van der Waals surface area contributed by atoms with Gasteiger partial charge < -0.3 is 9.26 Å². The van der Waals surface area contributed by atoms with Gasteiger partial charge in [-0.05, 0) is 26.0 Å². The van der Waals surface area contributed by atoms with Crippen LogP contribution in [0.3, 0.4) is 0 Å². The van der Waals surface area contributed by atoms with Crippen molar-refractivity contribution in [3.63, 3.8) is 0 Å². The number of hydrogen-bond donors (Lipinski definition) is 1. The molecule has 0 spiro atoms. The summed E-state index contributed by atoms with van der Waals surface area (Å²) in [7, 11) is -3.64. The highest BCUT2D eigenvalue weighted by molar-refractivity contribution is 7.89. The third kappa shape index (κ3) is 3.85. The first-order chi connectivity index (χ1) is 10.3. The molecule has 1 aromatic heterocycles. The number of carbonyl (C=O) groups excluding carboxylic acids is 1. The quantitative estimate of drug-likeness (QED) is 0.896. The number of aromatic nitrogens is 1. The number of carbonyl (C=O) groups is 1. The largest absolute Gasteiger partial charge is 0.488 e. The fourth-order valence-electron chi connectivity index (χ4n) is 1.86. The van der Waals surface area contributed by atoms with Crippen LogP contribution in [0.1, 0.15) is 27.4 Å². The van der Waals surface area contributed by atoms with Gasteiger partial charge in [0.05, 0.1) is 23.1 Å². The van der Waals surface area contributed by atoms with E-state index in [4.69, 9.17) is 9.26 Å². The van der Waals surface area contributed by atoms with E-state index in [0.29, 0.717) is 11.5 Å². The maximum Gasteiger partial charge on any atom is 0.268 e. The fourth-order valence-corrected chi connectivity index (χ4v) is 2.31. The zero-order chi connectivity index (χ0) is 16.3. The van der Waals surface area contributed by atoms with Crippen LogP contribution in [0.4, 0.5) is 0 Å². The summed E-state index contributed by atoms with van der Waals surface area (Å²) in [5.74, 6) is 0.177. The van der Waals surface area contributed by atoms with Crippen molar-refractivity contribution < 1.29 is 22.5 Å². The normalized spacial score (nSPS) is 11.2. The number of hydrogen-bond acceptors (Lipinski definition) is 6. The first kappa shape index (κ1) is 16.0. The summed E-state index contributed by atoms with van der Waals surface area (Å²) < 4.78 is 34.9. The van der Waals surface area contributed by atoms with Gasteiger partial charge in [0, 0.05) is 0 Å². The first-order valence-electron chi connectivity index (χ1n) is 6.43. The molecule has 1 aromatic carbocycles. The maximum absolute atomic E-state index is 12.0. The van der Waals surface area contributed by atoms with Crippen LogP contribution < -0.4 is 9.46 Å². The van der Waals surface area contributed by atoms with Gasteiger partial charge in [0.1, 0.15) is 18.1 Å². The Morgan fingerprint density at radius 3 is 2.59 bits per heavy atom. The molecule has 2 rings (SSSR count). The van der Waals surface area contributed by atoms with Crippen LogP contribution in [0, 0.1) is 13.8 Å². The van der Waals surface area contributed by atoms with Gasteiger partial charge in [0.2, 0.25) is 10.0 Å². The zero-order valence-electron chi connectivity index (χ0n) is 12.4. The Kier molecular flexibility index (Phi) is 4.51. The van der Waals surface area contributed by atoms with Gasteiger partial charge in [-0.2, -0.15) is 0 Å². The maximum atomic E-state index is 12.0. The Hall–Kier alpha value is -2.35. The number of aryl methyl sites for hydroxylation is 2. The van der Waals surface area contributed by atoms with Gasteiger partial charge in [-0.25, -0.2) is 13.1 Å². The van der Waals surface area contributed by atoms with Crippen LogP contribution in [-0.4, -0.2) is 25.7 Å². The Labute approximate surface area is 128 Å². The third-order valence-electron chi connectivity index (χ3n) is 2.96. The van der Waals surface area contributed by atoms with Crippen molar-refractivity contribution in [2.75, 3.05) is 6.26 Å². The van der Waals surface area contributed by atoms with Gasteiger partial charge in [-0.15, -0.1) is 0 Å². The summed E-state index contributed by atoms with van der Waals surface area (Å²) in [5, 5.41) is 3.82. The van der Waals surface area contributed by atoms with E-state index < -0.39 is 15.9 Å². The molecule has 2 aromatic rings. The Morgan fingerprint density at radius 2 is 2.00 bits per heavy atom. The van der Waals surface area contributed by atoms with E-state index in [2.05, 4.69) is 5.16 Å². The molecule has 0 aliphatic heterocycles. The highest BCUT2D eigenvalue weighted by atomic mass is 32.2. The minimum absolute atomic E-state index is 0.139.